The molecule has 1 heterocycles. The van der Waals surface area contributed by atoms with E-state index in [0.29, 0.717) is 5.92 Å². The van der Waals surface area contributed by atoms with Gasteiger partial charge in [-0.3, -0.25) is 0 Å². The Balaban J connectivity index is 3.25. The first kappa shape index (κ1) is 10.7. The number of hydrogen-bond acceptors (Lipinski definition) is 1. The zero-order valence-corrected chi connectivity index (χ0v) is 9.76. The highest BCUT2D eigenvalue weighted by Gasteiger charge is 2.25. The molecule has 0 saturated carbocycles. The van der Waals surface area contributed by atoms with E-state index >= 15 is 0 Å². The minimum Gasteiger partial charge on any atom is -0.206 e. The van der Waals surface area contributed by atoms with Gasteiger partial charge in [-0.1, -0.05) is 34.6 Å². The Bertz CT molecular complexity index is 292. The van der Waals surface area contributed by atoms with Crippen LogP contribution in [0.3, 0.4) is 0 Å². The lowest BCUT2D eigenvalue weighted by molar-refractivity contribution is 0.520. The normalized spacial score (nSPS) is 12.5. The Kier molecular flexibility index (Phi) is 2.81. The summed E-state index contributed by atoms with van der Waals surface area (Å²) in [7, 11) is 0. The summed E-state index contributed by atoms with van der Waals surface area (Å²) in [5, 5.41) is 1.62. The zero-order chi connectivity index (χ0) is 10.2. The average Bonchev–Trinajstić information content (AvgIpc) is 2.28. The monoisotopic (exact) mass is 200 g/mol. The van der Waals surface area contributed by atoms with Crippen LogP contribution in [0.15, 0.2) is 5.38 Å². The van der Waals surface area contributed by atoms with Crippen molar-refractivity contribution in [2.75, 3.05) is 0 Å². The molecule has 1 aromatic rings. The maximum atomic E-state index is 13.5. The molecular formula is C11H17FS. The van der Waals surface area contributed by atoms with Crippen molar-refractivity contribution in [3.05, 3.63) is 21.6 Å². The van der Waals surface area contributed by atoms with Crippen LogP contribution >= 0.6 is 11.3 Å². The van der Waals surface area contributed by atoms with Gasteiger partial charge < -0.3 is 0 Å². The van der Waals surface area contributed by atoms with E-state index in [1.54, 1.807) is 5.38 Å². The quantitative estimate of drug-likeness (QED) is 0.633. The van der Waals surface area contributed by atoms with Crippen LogP contribution in [-0.4, -0.2) is 0 Å². The molecule has 0 amide bonds. The fraction of sp³-hybridized carbons (Fsp3) is 0.636. The first-order valence-corrected chi connectivity index (χ1v) is 5.49. The summed E-state index contributed by atoms with van der Waals surface area (Å²) in [6, 6.07) is 0. The van der Waals surface area contributed by atoms with Crippen LogP contribution in [0.5, 0.6) is 0 Å². The predicted octanol–water partition coefficient (Wildman–Crippen LogP) is 4.31. The molecule has 0 fully saturated rings. The summed E-state index contributed by atoms with van der Waals surface area (Å²) in [4.78, 5) is 1.19. The van der Waals surface area contributed by atoms with Crippen molar-refractivity contribution in [3.63, 3.8) is 0 Å². The molecular weight excluding hydrogens is 183 g/mol. The van der Waals surface area contributed by atoms with E-state index in [4.69, 9.17) is 0 Å². The van der Waals surface area contributed by atoms with Crippen molar-refractivity contribution >= 4 is 11.3 Å². The topological polar surface area (TPSA) is 0 Å². The molecule has 0 spiro atoms. The minimum atomic E-state index is -0.0797. The number of hydrogen-bond donors (Lipinski definition) is 0. The smallest absolute Gasteiger partial charge is 0.137 e. The fourth-order valence-electron chi connectivity index (χ4n) is 1.50. The first-order chi connectivity index (χ1) is 5.84. The Morgan fingerprint density at radius 3 is 2.15 bits per heavy atom. The predicted molar refractivity (Wildman–Crippen MR) is 57.1 cm³/mol. The largest absolute Gasteiger partial charge is 0.206 e. The highest BCUT2D eigenvalue weighted by Crippen LogP contribution is 2.36. The van der Waals surface area contributed by atoms with Crippen LogP contribution in [0.1, 0.15) is 51.0 Å². The van der Waals surface area contributed by atoms with Gasteiger partial charge in [0, 0.05) is 15.8 Å². The Morgan fingerprint density at radius 1 is 1.31 bits per heavy atom. The van der Waals surface area contributed by atoms with Crippen molar-refractivity contribution in [1.29, 1.82) is 0 Å². The lowest BCUT2D eigenvalue weighted by atomic mass is 9.85. The molecule has 1 aromatic heterocycles. The van der Waals surface area contributed by atoms with Gasteiger partial charge in [0.05, 0.1) is 0 Å². The van der Waals surface area contributed by atoms with Crippen molar-refractivity contribution < 1.29 is 4.39 Å². The van der Waals surface area contributed by atoms with E-state index in [-0.39, 0.29) is 11.2 Å². The van der Waals surface area contributed by atoms with E-state index in [1.165, 1.54) is 16.2 Å². The molecule has 74 valence electrons. The van der Waals surface area contributed by atoms with E-state index in [0.717, 1.165) is 5.56 Å². The second-order valence-electron chi connectivity index (χ2n) is 4.73. The summed E-state index contributed by atoms with van der Waals surface area (Å²) in [6.07, 6.45) is 0. The van der Waals surface area contributed by atoms with Gasteiger partial charge in [0.25, 0.3) is 0 Å². The highest BCUT2D eigenvalue weighted by molar-refractivity contribution is 7.10. The molecule has 13 heavy (non-hydrogen) atoms. The lowest BCUT2D eigenvalue weighted by Gasteiger charge is -2.21. The second-order valence-corrected chi connectivity index (χ2v) is 5.64. The molecule has 0 bridgehead atoms. The average molecular weight is 200 g/mol. The lowest BCUT2D eigenvalue weighted by Crippen LogP contribution is -2.14. The van der Waals surface area contributed by atoms with Gasteiger partial charge >= 0.3 is 0 Å². The van der Waals surface area contributed by atoms with Crippen LogP contribution in [0.2, 0.25) is 0 Å². The molecule has 0 unspecified atom stereocenters. The third kappa shape index (κ3) is 2.11. The molecule has 1 rings (SSSR count). The molecule has 0 radical (unpaired) electrons. The maximum absolute atomic E-state index is 13.5. The molecule has 0 aliphatic carbocycles. The number of thiophene rings is 1. The van der Waals surface area contributed by atoms with Gasteiger partial charge in [-0.05, 0) is 11.3 Å². The maximum Gasteiger partial charge on any atom is 0.137 e. The third-order valence-electron chi connectivity index (χ3n) is 2.05. The molecule has 2 heteroatoms. The Morgan fingerprint density at radius 2 is 1.85 bits per heavy atom. The SMILES string of the molecule is CC(C)c1scc(F)c1C(C)(C)C. The Hall–Kier alpha value is -0.370. The number of halogens is 1. The summed E-state index contributed by atoms with van der Waals surface area (Å²) < 4.78 is 13.5. The molecule has 0 aliphatic rings. The highest BCUT2D eigenvalue weighted by atomic mass is 32.1. The number of rotatable bonds is 1. The summed E-state index contributed by atoms with van der Waals surface area (Å²) in [5.41, 5.74) is 0.816. The van der Waals surface area contributed by atoms with E-state index in [2.05, 4.69) is 34.6 Å². The second kappa shape index (κ2) is 3.41. The van der Waals surface area contributed by atoms with Crippen molar-refractivity contribution in [2.45, 2.75) is 46.0 Å². The van der Waals surface area contributed by atoms with E-state index < -0.39 is 0 Å². The van der Waals surface area contributed by atoms with Crippen molar-refractivity contribution in [1.82, 2.24) is 0 Å². The molecule has 0 aromatic carbocycles. The third-order valence-corrected chi connectivity index (χ3v) is 3.30. The molecule has 0 aliphatic heterocycles. The molecule has 0 saturated heterocycles. The summed E-state index contributed by atoms with van der Waals surface area (Å²) >= 11 is 1.54. The molecule has 0 nitrogen and oxygen atoms in total. The van der Waals surface area contributed by atoms with Gasteiger partial charge in [-0.2, -0.15) is 0 Å². The van der Waals surface area contributed by atoms with Crippen LogP contribution in [0.4, 0.5) is 4.39 Å². The van der Waals surface area contributed by atoms with Gasteiger partial charge in [0.15, 0.2) is 0 Å². The minimum absolute atomic E-state index is 0.0406. The van der Waals surface area contributed by atoms with Crippen molar-refractivity contribution in [2.24, 2.45) is 0 Å². The van der Waals surface area contributed by atoms with Gasteiger partial charge in [0.2, 0.25) is 0 Å². The standard InChI is InChI=1S/C11H17FS/c1-7(2)10-9(11(3,4)5)8(12)6-13-10/h6-7H,1-5H3. The zero-order valence-electron chi connectivity index (χ0n) is 8.94. The van der Waals surface area contributed by atoms with Gasteiger partial charge in [-0.25, -0.2) is 4.39 Å². The van der Waals surface area contributed by atoms with Gasteiger partial charge in [-0.15, -0.1) is 11.3 Å². The van der Waals surface area contributed by atoms with Crippen molar-refractivity contribution in [3.8, 4) is 0 Å². The summed E-state index contributed by atoms with van der Waals surface area (Å²) in [6.45, 7) is 10.4. The summed E-state index contributed by atoms with van der Waals surface area (Å²) in [5.74, 6) is 0.380. The Labute approximate surface area is 83.8 Å². The van der Waals surface area contributed by atoms with Crippen LogP contribution in [0.25, 0.3) is 0 Å². The van der Waals surface area contributed by atoms with E-state index in [9.17, 15) is 4.39 Å². The van der Waals surface area contributed by atoms with Crippen LogP contribution in [0, 0.1) is 5.82 Å². The molecule has 0 N–H and O–H groups in total. The molecule has 0 atom stereocenters. The van der Waals surface area contributed by atoms with Gasteiger partial charge in [0.1, 0.15) is 5.82 Å². The van der Waals surface area contributed by atoms with Crippen LogP contribution < -0.4 is 0 Å². The van der Waals surface area contributed by atoms with Crippen LogP contribution in [-0.2, 0) is 5.41 Å². The first-order valence-electron chi connectivity index (χ1n) is 4.61. The van der Waals surface area contributed by atoms with E-state index in [1.807, 2.05) is 0 Å². The fourth-order valence-corrected chi connectivity index (χ4v) is 2.65.